The molecule has 3 heteroatoms. The molecule has 190 valence electrons. The second kappa shape index (κ2) is 12.7. The van der Waals surface area contributed by atoms with Crippen LogP contribution in [0.2, 0.25) is 0 Å². The van der Waals surface area contributed by atoms with Crippen molar-refractivity contribution in [3.63, 3.8) is 0 Å². The number of aliphatic hydroxyl groups excluding tert-OH is 1. The van der Waals surface area contributed by atoms with Crippen LogP contribution in [-0.4, -0.2) is 41.1 Å². The Morgan fingerprint density at radius 1 is 0.694 bits per heavy atom. The average Bonchev–Trinajstić information content (AvgIpc) is 3.12. The Labute approximate surface area is 217 Å². The first-order valence-electron chi connectivity index (χ1n) is 14.1. The van der Waals surface area contributed by atoms with Crippen molar-refractivity contribution in [3.05, 3.63) is 107 Å². The van der Waals surface area contributed by atoms with E-state index in [-0.39, 0.29) is 6.10 Å². The molecule has 1 N–H and O–H groups in total. The van der Waals surface area contributed by atoms with Gasteiger partial charge in [-0.05, 0) is 78.9 Å². The highest BCUT2D eigenvalue weighted by atomic mass is 16.3. The fraction of sp³-hybridized carbons (Fsp3) is 0.455. The molecule has 2 aliphatic heterocycles. The minimum Gasteiger partial charge on any atom is -0.388 e. The lowest BCUT2D eigenvalue weighted by molar-refractivity contribution is 0.146. The Morgan fingerprint density at radius 2 is 1.28 bits per heavy atom. The van der Waals surface area contributed by atoms with Crippen molar-refractivity contribution in [2.45, 2.75) is 64.1 Å². The van der Waals surface area contributed by atoms with E-state index in [1.807, 2.05) is 0 Å². The number of piperidine rings is 1. The number of likely N-dealkylation sites (tertiary alicyclic amines) is 1. The maximum Gasteiger partial charge on any atom is 0.0790 e. The van der Waals surface area contributed by atoms with Gasteiger partial charge in [0, 0.05) is 26.2 Å². The zero-order valence-electron chi connectivity index (χ0n) is 21.7. The van der Waals surface area contributed by atoms with Gasteiger partial charge in [-0.15, -0.1) is 0 Å². The Morgan fingerprint density at radius 3 is 1.92 bits per heavy atom. The number of benzene rings is 3. The first kappa shape index (κ1) is 25.2. The predicted octanol–water partition coefficient (Wildman–Crippen LogP) is 6.40. The van der Waals surface area contributed by atoms with Crippen molar-refractivity contribution < 1.29 is 5.11 Å². The summed E-state index contributed by atoms with van der Waals surface area (Å²) in [6, 6.07) is 28.4. The van der Waals surface area contributed by atoms with Crippen LogP contribution in [0.5, 0.6) is 0 Å². The van der Waals surface area contributed by atoms with E-state index in [1.165, 1.54) is 54.6 Å². The van der Waals surface area contributed by atoms with Crippen LogP contribution in [0.4, 0.5) is 0 Å². The first-order chi connectivity index (χ1) is 17.7. The van der Waals surface area contributed by atoms with Crippen LogP contribution in [-0.2, 0) is 25.9 Å². The Bertz CT molecular complexity index is 1060. The van der Waals surface area contributed by atoms with Crippen LogP contribution in [0.15, 0.2) is 78.9 Å². The van der Waals surface area contributed by atoms with E-state index >= 15 is 0 Å². The van der Waals surface area contributed by atoms with Crippen LogP contribution in [0.1, 0.15) is 66.0 Å². The Hall–Kier alpha value is -2.46. The number of aliphatic hydroxyl groups is 1. The predicted molar refractivity (Wildman–Crippen MR) is 149 cm³/mol. The molecule has 0 aromatic heterocycles. The second-order valence-corrected chi connectivity index (χ2v) is 10.9. The highest BCUT2D eigenvalue weighted by molar-refractivity contribution is 5.34. The molecule has 0 saturated carbocycles. The standard InChI is InChI=1S/C33H42N2O/c36-33(13-7-12-27-16-20-34(21-17-27)25-28-8-3-1-4-9-28)32-15-14-30-18-22-35(23-19-31(30)24-32)26-29-10-5-2-6-11-29/h1-6,8-11,14-15,24,27,33,36H,7,12-13,16-23,25-26H2. The molecule has 1 fully saturated rings. The van der Waals surface area contributed by atoms with E-state index in [0.717, 1.165) is 63.3 Å². The van der Waals surface area contributed by atoms with Crippen molar-refractivity contribution in [2.75, 3.05) is 26.2 Å². The van der Waals surface area contributed by atoms with E-state index in [1.54, 1.807) is 0 Å². The van der Waals surface area contributed by atoms with Gasteiger partial charge >= 0.3 is 0 Å². The van der Waals surface area contributed by atoms with Crippen molar-refractivity contribution >= 4 is 0 Å². The fourth-order valence-corrected chi connectivity index (χ4v) is 6.04. The van der Waals surface area contributed by atoms with Gasteiger partial charge in [0.2, 0.25) is 0 Å². The summed E-state index contributed by atoms with van der Waals surface area (Å²) in [5.74, 6) is 0.812. The van der Waals surface area contributed by atoms with E-state index < -0.39 is 0 Å². The molecule has 0 aliphatic carbocycles. The summed E-state index contributed by atoms with van der Waals surface area (Å²) < 4.78 is 0. The molecule has 3 aromatic rings. The smallest absolute Gasteiger partial charge is 0.0790 e. The third-order valence-corrected chi connectivity index (χ3v) is 8.30. The molecule has 1 unspecified atom stereocenters. The van der Waals surface area contributed by atoms with E-state index in [2.05, 4.69) is 88.7 Å². The number of hydrogen-bond acceptors (Lipinski definition) is 3. The molecule has 0 amide bonds. The minimum absolute atomic E-state index is 0.336. The molecule has 0 radical (unpaired) electrons. The number of rotatable bonds is 9. The SMILES string of the molecule is OC(CCCC1CCN(Cc2ccccc2)CC1)c1ccc2c(c1)CCN(Cc1ccccc1)CC2. The third-order valence-electron chi connectivity index (χ3n) is 8.30. The van der Waals surface area contributed by atoms with Gasteiger partial charge in [0.1, 0.15) is 0 Å². The van der Waals surface area contributed by atoms with Crippen LogP contribution >= 0.6 is 0 Å². The molecule has 0 bridgehead atoms. The van der Waals surface area contributed by atoms with E-state index in [0.29, 0.717) is 0 Å². The van der Waals surface area contributed by atoms with Gasteiger partial charge in [-0.2, -0.15) is 0 Å². The zero-order valence-corrected chi connectivity index (χ0v) is 21.7. The quantitative estimate of drug-likeness (QED) is 0.382. The second-order valence-electron chi connectivity index (χ2n) is 10.9. The number of fused-ring (bicyclic) bond motifs is 1. The van der Waals surface area contributed by atoms with E-state index in [9.17, 15) is 5.11 Å². The average molecular weight is 483 g/mol. The van der Waals surface area contributed by atoms with E-state index in [4.69, 9.17) is 0 Å². The molecular weight excluding hydrogens is 440 g/mol. The molecule has 1 atom stereocenters. The van der Waals surface area contributed by atoms with Gasteiger partial charge in [0.25, 0.3) is 0 Å². The molecule has 2 heterocycles. The molecule has 0 spiro atoms. The summed E-state index contributed by atoms with van der Waals surface area (Å²) in [4.78, 5) is 5.16. The van der Waals surface area contributed by atoms with Crippen LogP contribution in [0, 0.1) is 5.92 Å². The third kappa shape index (κ3) is 7.06. The topological polar surface area (TPSA) is 26.7 Å². The summed E-state index contributed by atoms with van der Waals surface area (Å²) in [6.07, 6.45) is 7.66. The number of nitrogens with zero attached hydrogens (tertiary/aromatic N) is 2. The highest BCUT2D eigenvalue weighted by Crippen LogP contribution is 2.28. The summed E-state index contributed by atoms with van der Waals surface area (Å²) >= 11 is 0. The van der Waals surface area contributed by atoms with Gasteiger partial charge in [-0.25, -0.2) is 0 Å². The summed E-state index contributed by atoms with van der Waals surface area (Å²) in [7, 11) is 0. The molecule has 36 heavy (non-hydrogen) atoms. The Kier molecular flexibility index (Phi) is 8.87. The maximum atomic E-state index is 11.0. The zero-order chi connectivity index (χ0) is 24.6. The normalized spacial score (nSPS) is 18.5. The molecule has 2 aliphatic rings. The molecular formula is C33H42N2O. The van der Waals surface area contributed by atoms with Gasteiger partial charge in [-0.3, -0.25) is 9.80 Å². The van der Waals surface area contributed by atoms with Crippen LogP contribution < -0.4 is 0 Å². The lowest BCUT2D eigenvalue weighted by Gasteiger charge is -2.32. The van der Waals surface area contributed by atoms with Crippen LogP contribution in [0.3, 0.4) is 0 Å². The van der Waals surface area contributed by atoms with Gasteiger partial charge in [0.15, 0.2) is 0 Å². The maximum absolute atomic E-state index is 11.0. The first-order valence-corrected chi connectivity index (χ1v) is 14.1. The highest BCUT2D eigenvalue weighted by Gasteiger charge is 2.20. The molecule has 5 rings (SSSR count). The lowest BCUT2D eigenvalue weighted by atomic mass is 9.89. The Balaban J connectivity index is 1.05. The largest absolute Gasteiger partial charge is 0.388 e. The monoisotopic (exact) mass is 482 g/mol. The van der Waals surface area contributed by atoms with Crippen molar-refractivity contribution in [3.8, 4) is 0 Å². The number of hydrogen-bond donors (Lipinski definition) is 1. The van der Waals surface area contributed by atoms with Crippen molar-refractivity contribution in [1.82, 2.24) is 9.80 Å². The van der Waals surface area contributed by atoms with Crippen LogP contribution in [0.25, 0.3) is 0 Å². The lowest BCUT2D eigenvalue weighted by Crippen LogP contribution is -2.33. The van der Waals surface area contributed by atoms with Gasteiger partial charge < -0.3 is 5.11 Å². The molecule has 3 aromatic carbocycles. The summed E-state index contributed by atoms with van der Waals surface area (Å²) in [5, 5.41) is 11.0. The fourth-order valence-electron chi connectivity index (χ4n) is 6.04. The van der Waals surface area contributed by atoms with Crippen molar-refractivity contribution in [2.24, 2.45) is 5.92 Å². The molecule has 1 saturated heterocycles. The van der Waals surface area contributed by atoms with Gasteiger partial charge in [0.05, 0.1) is 6.10 Å². The minimum atomic E-state index is -0.336. The summed E-state index contributed by atoms with van der Waals surface area (Å²) in [6.45, 7) is 6.70. The molecule has 3 nitrogen and oxygen atoms in total. The van der Waals surface area contributed by atoms with Gasteiger partial charge in [-0.1, -0.05) is 91.7 Å². The summed E-state index contributed by atoms with van der Waals surface area (Å²) in [5.41, 5.74) is 6.82. The van der Waals surface area contributed by atoms with Crippen molar-refractivity contribution in [1.29, 1.82) is 0 Å².